The fourth-order valence-corrected chi connectivity index (χ4v) is 2.85. The van der Waals surface area contributed by atoms with Gasteiger partial charge in [0, 0.05) is 25.4 Å². The molecule has 0 spiro atoms. The van der Waals surface area contributed by atoms with Crippen LogP contribution < -0.4 is 5.32 Å². The van der Waals surface area contributed by atoms with Crippen LogP contribution in [0.1, 0.15) is 25.7 Å². The van der Waals surface area contributed by atoms with Crippen LogP contribution in [0, 0.1) is 11.7 Å². The van der Waals surface area contributed by atoms with Gasteiger partial charge in [-0.05, 0) is 49.8 Å². The van der Waals surface area contributed by atoms with Crippen molar-refractivity contribution in [1.29, 1.82) is 0 Å². The molecule has 1 aromatic carbocycles. The molecular weight excluding hydrogens is 295 g/mol. The predicted molar refractivity (Wildman–Crippen MR) is 81.0 cm³/mol. The summed E-state index contributed by atoms with van der Waals surface area (Å²) in [6.45, 7) is 0.219. The zero-order chi connectivity index (χ0) is 15.4. The highest BCUT2D eigenvalue weighted by molar-refractivity contribution is 6.31. The molecule has 6 heteroatoms. The average molecular weight is 315 g/mol. The number of urea groups is 1. The minimum atomic E-state index is -0.509. The summed E-state index contributed by atoms with van der Waals surface area (Å²) >= 11 is 5.69. The number of hydrogen-bond acceptors (Lipinski definition) is 2. The van der Waals surface area contributed by atoms with Gasteiger partial charge in [-0.1, -0.05) is 11.6 Å². The number of aliphatic hydroxyl groups excluding tert-OH is 1. The molecule has 0 heterocycles. The molecule has 0 aromatic heterocycles. The standard InChI is InChI=1S/C15H20ClFN2O2/c1-19(12-5-2-10(9-20)3-6-12)15(21)18-11-4-7-14(17)13(16)8-11/h4,7-8,10,12,20H,2-3,5-6,9H2,1H3,(H,18,21). The quantitative estimate of drug-likeness (QED) is 0.897. The van der Waals surface area contributed by atoms with Crippen molar-refractivity contribution in [2.24, 2.45) is 5.92 Å². The lowest BCUT2D eigenvalue weighted by atomic mass is 9.86. The second-order valence-corrected chi connectivity index (χ2v) is 5.93. The van der Waals surface area contributed by atoms with Crippen molar-refractivity contribution in [2.45, 2.75) is 31.7 Å². The number of carbonyl (C=O) groups is 1. The SMILES string of the molecule is CN(C(=O)Nc1ccc(F)c(Cl)c1)C1CCC(CO)CC1. The molecule has 0 atom stereocenters. The van der Waals surface area contributed by atoms with Crippen LogP contribution in [0.25, 0.3) is 0 Å². The first kappa shape index (κ1) is 16.0. The molecule has 4 nitrogen and oxygen atoms in total. The Balaban J connectivity index is 1.92. The molecule has 1 aromatic rings. The Labute approximate surface area is 128 Å². The summed E-state index contributed by atoms with van der Waals surface area (Å²) in [5.74, 6) is -0.154. The number of aliphatic hydroxyl groups is 1. The second kappa shape index (κ2) is 7.09. The number of carbonyl (C=O) groups excluding carboxylic acids is 1. The molecule has 1 fully saturated rings. The van der Waals surface area contributed by atoms with Crippen LogP contribution >= 0.6 is 11.6 Å². The van der Waals surface area contributed by atoms with Gasteiger partial charge in [0.25, 0.3) is 0 Å². The van der Waals surface area contributed by atoms with Crippen LogP contribution in [0.5, 0.6) is 0 Å². The molecule has 2 N–H and O–H groups in total. The molecule has 0 radical (unpaired) electrons. The molecule has 2 rings (SSSR count). The first-order chi connectivity index (χ1) is 10.0. The first-order valence-corrected chi connectivity index (χ1v) is 7.48. The summed E-state index contributed by atoms with van der Waals surface area (Å²) in [6, 6.07) is 4.04. The maximum Gasteiger partial charge on any atom is 0.321 e. The van der Waals surface area contributed by atoms with Gasteiger partial charge in [-0.2, -0.15) is 0 Å². The Morgan fingerprint density at radius 3 is 2.67 bits per heavy atom. The van der Waals surface area contributed by atoms with E-state index in [1.54, 1.807) is 11.9 Å². The highest BCUT2D eigenvalue weighted by Crippen LogP contribution is 2.27. The summed E-state index contributed by atoms with van der Waals surface area (Å²) in [5, 5.41) is 11.8. The maximum atomic E-state index is 13.1. The molecule has 116 valence electrons. The summed E-state index contributed by atoms with van der Waals surface area (Å²) < 4.78 is 13.1. The third-order valence-corrected chi connectivity index (χ3v) is 4.40. The number of halogens is 2. The van der Waals surface area contributed by atoms with E-state index in [0.29, 0.717) is 11.6 Å². The van der Waals surface area contributed by atoms with Crippen molar-refractivity contribution < 1.29 is 14.3 Å². The van der Waals surface area contributed by atoms with Crippen LogP contribution in [-0.4, -0.2) is 35.7 Å². The van der Waals surface area contributed by atoms with Gasteiger partial charge in [0.1, 0.15) is 5.82 Å². The predicted octanol–water partition coefficient (Wildman–Crippen LogP) is 3.49. The lowest BCUT2D eigenvalue weighted by Crippen LogP contribution is -2.42. The van der Waals surface area contributed by atoms with Crippen molar-refractivity contribution in [3.63, 3.8) is 0 Å². The van der Waals surface area contributed by atoms with E-state index in [1.165, 1.54) is 18.2 Å². The molecular formula is C15H20ClFN2O2. The van der Waals surface area contributed by atoms with Gasteiger partial charge in [-0.3, -0.25) is 0 Å². The fraction of sp³-hybridized carbons (Fsp3) is 0.533. The largest absolute Gasteiger partial charge is 0.396 e. The van der Waals surface area contributed by atoms with E-state index < -0.39 is 5.82 Å². The zero-order valence-electron chi connectivity index (χ0n) is 12.0. The Bertz CT molecular complexity index is 504. The van der Waals surface area contributed by atoms with Gasteiger partial charge < -0.3 is 15.3 Å². The fourth-order valence-electron chi connectivity index (χ4n) is 2.67. The van der Waals surface area contributed by atoms with Gasteiger partial charge in [0.05, 0.1) is 5.02 Å². The first-order valence-electron chi connectivity index (χ1n) is 7.11. The number of rotatable bonds is 3. The van der Waals surface area contributed by atoms with Crippen LogP contribution in [0.4, 0.5) is 14.9 Å². The summed E-state index contributed by atoms with van der Waals surface area (Å²) in [7, 11) is 1.75. The van der Waals surface area contributed by atoms with Gasteiger partial charge in [-0.25, -0.2) is 9.18 Å². The van der Waals surface area contributed by atoms with Gasteiger partial charge in [0.15, 0.2) is 0 Å². The third kappa shape index (κ3) is 4.08. The Hall–Kier alpha value is -1.33. The molecule has 0 saturated heterocycles. The van der Waals surface area contributed by atoms with Crippen molar-refractivity contribution in [3.8, 4) is 0 Å². The Kier molecular flexibility index (Phi) is 5.42. The number of benzene rings is 1. The Morgan fingerprint density at radius 1 is 1.43 bits per heavy atom. The van der Waals surface area contributed by atoms with Crippen LogP contribution in [0.15, 0.2) is 18.2 Å². The molecule has 0 bridgehead atoms. The van der Waals surface area contributed by atoms with Gasteiger partial charge >= 0.3 is 6.03 Å². The molecule has 1 aliphatic carbocycles. The Morgan fingerprint density at radius 2 is 2.10 bits per heavy atom. The molecule has 2 amide bonds. The normalized spacial score (nSPS) is 21.9. The minimum absolute atomic E-state index is 0.0149. The smallest absolute Gasteiger partial charge is 0.321 e. The van der Waals surface area contributed by atoms with Crippen molar-refractivity contribution in [2.75, 3.05) is 19.0 Å². The minimum Gasteiger partial charge on any atom is -0.396 e. The zero-order valence-corrected chi connectivity index (χ0v) is 12.7. The van der Waals surface area contributed by atoms with Crippen molar-refractivity contribution in [1.82, 2.24) is 4.90 Å². The molecule has 21 heavy (non-hydrogen) atoms. The van der Waals surface area contributed by atoms with Crippen LogP contribution in [0.2, 0.25) is 5.02 Å². The number of nitrogens with one attached hydrogen (secondary N) is 1. The molecule has 0 unspecified atom stereocenters. The van der Waals surface area contributed by atoms with E-state index in [-0.39, 0.29) is 23.7 Å². The van der Waals surface area contributed by atoms with E-state index in [1.807, 2.05) is 0 Å². The monoisotopic (exact) mass is 314 g/mol. The van der Waals surface area contributed by atoms with E-state index in [9.17, 15) is 9.18 Å². The summed E-state index contributed by atoms with van der Waals surface area (Å²) in [5.41, 5.74) is 0.474. The van der Waals surface area contributed by atoms with Gasteiger partial charge in [-0.15, -0.1) is 0 Å². The second-order valence-electron chi connectivity index (χ2n) is 5.53. The van der Waals surface area contributed by atoms with E-state index in [0.717, 1.165) is 25.7 Å². The van der Waals surface area contributed by atoms with Crippen LogP contribution in [0.3, 0.4) is 0 Å². The van der Waals surface area contributed by atoms with E-state index >= 15 is 0 Å². The van der Waals surface area contributed by atoms with Gasteiger partial charge in [0.2, 0.25) is 0 Å². The van der Waals surface area contributed by atoms with Crippen molar-refractivity contribution in [3.05, 3.63) is 29.0 Å². The number of nitrogens with zero attached hydrogens (tertiary/aromatic N) is 1. The lowest BCUT2D eigenvalue weighted by Gasteiger charge is -2.34. The highest BCUT2D eigenvalue weighted by Gasteiger charge is 2.26. The number of amides is 2. The van der Waals surface area contributed by atoms with Crippen molar-refractivity contribution >= 4 is 23.3 Å². The van der Waals surface area contributed by atoms with E-state index in [2.05, 4.69) is 5.32 Å². The lowest BCUT2D eigenvalue weighted by molar-refractivity contribution is 0.139. The maximum absolute atomic E-state index is 13.1. The summed E-state index contributed by atoms with van der Waals surface area (Å²) in [4.78, 5) is 13.9. The highest BCUT2D eigenvalue weighted by atomic mass is 35.5. The van der Waals surface area contributed by atoms with Crippen LogP contribution in [-0.2, 0) is 0 Å². The number of hydrogen-bond donors (Lipinski definition) is 2. The summed E-state index contributed by atoms with van der Waals surface area (Å²) in [6.07, 6.45) is 3.64. The molecule has 1 saturated carbocycles. The molecule has 1 aliphatic rings. The topological polar surface area (TPSA) is 52.6 Å². The third-order valence-electron chi connectivity index (χ3n) is 4.11. The molecule has 0 aliphatic heterocycles. The average Bonchev–Trinajstić information content (AvgIpc) is 2.50. The number of anilines is 1. The van der Waals surface area contributed by atoms with E-state index in [4.69, 9.17) is 16.7 Å².